The van der Waals surface area contributed by atoms with Crippen molar-refractivity contribution in [3.8, 4) is 0 Å². The number of hydrogen-bond acceptors (Lipinski definition) is 2. The van der Waals surface area contributed by atoms with Crippen LogP contribution in [0.3, 0.4) is 0 Å². The fraction of sp³-hybridized carbons (Fsp3) is 0.500. The van der Waals surface area contributed by atoms with Gasteiger partial charge >= 0.3 is 0 Å². The molecule has 0 aromatic heterocycles. The highest BCUT2D eigenvalue weighted by Gasteiger charge is 2.10. The van der Waals surface area contributed by atoms with E-state index in [0.717, 1.165) is 35.6 Å². The van der Waals surface area contributed by atoms with Crippen LogP contribution in [0.4, 0.5) is 0 Å². The summed E-state index contributed by atoms with van der Waals surface area (Å²) in [5, 5.41) is 0.794. The number of ether oxygens (including phenoxy) is 1. The van der Waals surface area contributed by atoms with E-state index >= 15 is 0 Å². The second kappa shape index (κ2) is 6.11. The van der Waals surface area contributed by atoms with Crippen molar-refractivity contribution in [1.29, 1.82) is 0 Å². The second-order valence-corrected chi connectivity index (χ2v) is 4.10. The third kappa shape index (κ3) is 3.49. The van der Waals surface area contributed by atoms with Gasteiger partial charge in [-0.25, -0.2) is 0 Å². The van der Waals surface area contributed by atoms with Crippen LogP contribution >= 0.6 is 11.6 Å². The van der Waals surface area contributed by atoms with Crippen molar-refractivity contribution in [3.63, 3.8) is 0 Å². The van der Waals surface area contributed by atoms with Gasteiger partial charge in [0, 0.05) is 24.8 Å². The Labute approximate surface area is 96.4 Å². The Bertz CT molecular complexity index is 314. The summed E-state index contributed by atoms with van der Waals surface area (Å²) < 4.78 is 4.99. The van der Waals surface area contributed by atoms with Crippen LogP contribution in [0.5, 0.6) is 0 Å². The molecule has 0 radical (unpaired) electrons. The summed E-state index contributed by atoms with van der Waals surface area (Å²) in [5.74, 6) is 0. The smallest absolute Gasteiger partial charge is 0.0482 e. The lowest BCUT2D eigenvalue weighted by atomic mass is 10.0. The number of nitrogens with two attached hydrogens (primary N) is 1. The summed E-state index contributed by atoms with van der Waals surface area (Å²) in [4.78, 5) is 0. The predicted octanol–water partition coefficient (Wildman–Crippen LogP) is 3.07. The fourth-order valence-corrected chi connectivity index (χ4v) is 1.83. The molecule has 3 heteroatoms. The molecule has 0 aliphatic rings. The van der Waals surface area contributed by atoms with Crippen molar-refractivity contribution in [1.82, 2.24) is 0 Å². The quantitative estimate of drug-likeness (QED) is 0.785. The van der Waals surface area contributed by atoms with Crippen LogP contribution < -0.4 is 5.73 Å². The van der Waals surface area contributed by atoms with Gasteiger partial charge in [-0.05, 0) is 30.9 Å². The van der Waals surface area contributed by atoms with Crippen molar-refractivity contribution in [3.05, 3.63) is 34.3 Å². The molecule has 0 fully saturated rings. The van der Waals surface area contributed by atoms with Crippen molar-refractivity contribution in [2.24, 2.45) is 5.73 Å². The lowest BCUT2D eigenvalue weighted by Gasteiger charge is -2.14. The second-order valence-electron chi connectivity index (χ2n) is 3.72. The SMILES string of the molecule is COCCCC(N)c1cccc(C)c1Cl. The van der Waals surface area contributed by atoms with Crippen LogP contribution in [0.15, 0.2) is 18.2 Å². The van der Waals surface area contributed by atoms with Crippen LogP contribution in [0.25, 0.3) is 0 Å². The Hall–Kier alpha value is -0.570. The van der Waals surface area contributed by atoms with Crippen LogP contribution in [-0.4, -0.2) is 13.7 Å². The fourth-order valence-electron chi connectivity index (χ4n) is 1.56. The topological polar surface area (TPSA) is 35.2 Å². The maximum atomic E-state index is 6.19. The average molecular weight is 228 g/mol. The third-order valence-corrected chi connectivity index (χ3v) is 3.00. The Balaban J connectivity index is 2.65. The first kappa shape index (κ1) is 12.5. The average Bonchev–Trinajstić information content (AvgIpc) is 2.22. The molecule has 2 N–H and O–H groups in total. The number of benzene rings is 1. The van der Waals surface area contributed by atoms with Crippen molar-refractivity contribution in [2.75, 3.05) is 13.7 Å². The van der Waals surface area contributed by atoms with Gasteiger partial charge in [0.1, 0.15) is 0 Å². The molecule has 1 aromatic carbocycles. The highest BCUT2D eigenvalue weighted by molar-refractivity contribution is 6.32. The van der Waals surface area contributed by atoms with Gasteiger partial charge in [0.25, 0.3) is 0 Å². The molecule has 1 aromatic rings. The van der Waals surface area contributed by atoms with Crippen molar-refractivity contribution >= 4 is 11.6 Å². The van der Waals surface area contributed by atoms with Crippen LogP contribution in [0, 0.1) is 6.92 Å². The van der Waals surface area contributed by atoms with E-state index in [-0.39, 0.29) is 6.04 Å². The maximum Gasteiger partial charge on any atom is 0.0482 e. The van der Waals surface area contributed by atoms with Gasteiger partial charge in [0.05, 0.1) is 0 Å². The van der Waals surface area contributed by atoms with Crippen molar-refractivity contribution < 1.29 is 4.74 Å². The molecule has 1 atom stereocenters. The Morgan fingerprint density at radius 3 is 2.87 bits per heavy atom. The molecule has 15 heavy (non-hydrogen) atoms. The summed E-state index contributed by atoms with van der Waals surface area (Å²) >= 11 is 6.19. The molecule has 0 bridgehead atoms. The summed E-state index contributed by atoms with van der Waals surface area (Å²) in [7, 11) is 1.70. The van der Waals surface area contributed by atoms with Crippen LogP contribution in [0.2, 0.25) is 5.02 Å². The molecule has 2 nitrogen and oxygen atoms in total. The summed E-state index contributed by atoms with van der Waals surface area (Å²) in [5.41, 5.74) is 8.18. The molecule has 0 saturated heterocycles. The number of methoxy groups -OCH3 is 1. The molecule has 0 aliphatic heterocycles. The number of rotatable bonds is 5. The van der Waals surface area contributed by atoms with Gasteiger partial charge in [0.2, 0.25) is 0 Å². The van der Waals surface area contributed by atoms with E-state index in [2.05, 4.69) is 0 Å². The molecular weight excluding hydrogens is 210 g/mol. The minimum Gasteiger partial charge on any atom is -0.385 e. The van der Waals surface area contributed by atoms with E-state index in [4.69, 9.17) is 22.1 Å². The first-order valence-electron chi connectivity index (χ1n) is 5.16. The molecule has 0 saturated carbocycles. The van der Waals surface area contributed by atoms with Gasteiger partial charge < -0.3 is 10.5 Å². The molecule has 0 amide bonds. The van der Waals surface area contributed by atoms with E-state index in [1.165, 1.54) is 0 Å². The largest absolute Gasteiger partial charge is 0.385 e. The lowest BCUT2D eigenvalue weighted by Crippen LogP contribution is -2.12. The molecular formula is C12H18ClNO. The van der Waals surface area contributed by atoms with E-state index in [1.54, 1.807) is 7.11 Å². The van der Waals surface area contributed by atoms with E-state index in [0.29, 0.717) is 0 Å². The first-order chi connectivity index (χ1) is 7.16. The minimum absolute atomic E-state index is 0.00699. The molecule has 0 spiro atoms. The van der Waals surface area contributed by atoms with Gasteiger partial charge in [-0.3, -0.25) is 0 Å². The van der Waals surface area contributed by atoms with Gasteiger partial charge in [-0.15, -0.1) is 0 Å². The lowest BCUT2D eigenvalue weighted by molar-refractivity contribution is 0.190. The highest BCUT2D eigenvalue weighted by atomic mass is 35.5. The zero-order chi connectivity index (χ0) is 11.3. The zero-order valence-electron chi connectivity index (χ0n) is 9.29. The molecule has 1 unspecified atom stereocenters. The zero-order valence-corrected chi connectivity index (χ0v) is 10.1. The summed E-state index contributed by atoms with van der Waals surface area (Å²) in [6.07, 6.45) is 1.86. The number of hydrogen-bond donors (Lipinski definition) is 1. The minimum atomic E-state index is 0.00699. The molecule has 0 heterocycles. The van der Waals surface area contributed by atoms with E-state index in [9.17, 15) is 0 Å². The summed E-state index contributed by atoms with van der Waals surface area (Å²) in [6, 6.07) is 5.99. The molecule has 84 valence electrons. The maximum absolute atomic E-state index is 6.19. The normalized spacial score (nSPS) is 12.8. The van der Waals surface area contributed by atoms with E-state index in [1.807, 2.05) is 25.1 Å². The number of halogens is 1. The Kier molecular flexibility index (Phi) is 5.09. The highest BCUT2D eigenvalue weighted by Crippen LogP contribution is 2.27. The van der Waals surface area contributed by atoms with Gasteiger partial charge in [-0.1, -0.05) is 29.8 Å². The monoisotopic (exact) mass is 227 g/mol. The van der Waals surface area contributed by atoms with Crippen LogP contribution in [0.1, 0.15) is 30.0 Å². The standard InChI is InChI=1S/C12H18ClNO/c1-9-5-3-6-10(12(9)13)11(14)7-4-8-15-2/h3,5-6,11H,4,7-8,14H2,1-2H3. The Morgan fingerprint density at radius 2 is 2.20 bits per heavy atom. The third-order valence-electron chi connectivity index (χ3n) is 2.48. The number of aryl methyl sites for hydroxylation is 1. The van der Waals surface area contributed by atoms with Gasteiger partial charge in [-0.2, -0.15) is 0 Å². The predicted molar refractivity (Wildman–Crippen MR) is 64.2 cm³/mol. The van der Waals surface area contributed by atoms with Crippen molar-refractivity contribution in [2.45, 2.75) is 25.8 Å². The molecule has 1 rings (SSSR count). The molecule has 0 aliphatic carbocycles. The Morgan fingerprint density at radius 1 is 1.47 bits per heavy atom. The first-order valence-corrected chi connectivity index (χ1v) is 5.54. The van der Waals surface area contributed by atoms with Gasteiger partial charge in [0.15, 0.2) is 0 Å². The van der Waals surface area contributed by atoms with E-state index < -0.39 is 0 Å². The summed E-state index contributed by atoms with van der Waals surface area (Å²) in [6.45, 7) is 2.74. The van der Waals surface area contributed by atoms with Crippen LogP contribution in [-0.2, 0) is 4.74 Å².